The lowest BCUT2D eigenvalue weighted by atomic mass is 9.95. The van der Waals surface area contributed by atoms with Gasteiger partial charge in [-0.25, -0.2) is 4.98 Å². The van der Waals surface area contributed by atoms with Gasteiger partial charge in [-0.1, -0.05) is 38.3 Å². The van der Waals surface area contributed by atoms with E-state index in [0.717, 1.165) is 23.8 Å². The van der Waals surface area contributed by atoms with Crippen LogP contribution in [0.3, 0.4) is 0 Å². The summed E-state index contributed by atoms with van der Waals surface area (Å²) in [5, 5.41) is 3.49. The zero-order valence-electron chi connectivity index (χ0n) is 13.1. The third-order valence-corrected chi connectivity index (χ3v) is 4.44. The molecular weight excluding hydrogens is 258 g/mol. The van der Waals surface area contributed by atoms with Crippen molar-refractivity contribution < 1.29 is 0 Å². The Morgan fingerprint density at radius 2 is 1.86 bits per heavy atom. The fourth-order valence-electron chi connectivity index (χ4n) is 3.20. The molecule has 1 aliphatic rings. The predicted molar refractivity (Wildman–Crippen MR) is 88.2 cm³/mol. The summed E-state index contributed by atoms with van der Waals surface area (Å²) in [7, 11) is 0. The Hall–Kier alpha value is -1.77. The SMILES string of the molecule is CCc1ccc(Nc2nc(C)cn2C2CCCCC2)cc1. The van der Waals surface area contributed by atoms with E-state index in [2.05, 4.69) is 59.2 Å². The molecule has 2 aromatic rings. The largest absolute Gasteiger partial charge is 0.326 e. The lowest BCUT2D eigenvalue weighted by Crippen LogP contribution is -2.14. The summed E-state index contributed by atoms with van der Waals surface area (Å²) in [5.41, 5.74) is 3.58. The molecule has 0 atom stereocenters. The van der Waals surface area contributed by atoms with Crippen LogP contribution in [0.25, 0.3) is 0 Å². The van der Waals surface area contributed by atoms with Crippen LogP contribution in [-0.4, -0.2) is 9.55 Å². The molecule has 112 valence electrons. The van der Waals surface area contributed by atoms with E-state index in [1.165, 1.54) is 37.7 Å². The molecule has 1 N–H and O–H groups in total. The smallest absolute Gasteiger partial charge is 0.207 e. The van der Waals surface area contributed by atoms with E-state index >= 15 is 0 Å². The van der Waals surface area contributed by atoms with Crippen LogP contribution >= 0.6 is 0 Å². The minimum atomic E-state index is 0.609. The second kappa shape index (κ2) is 6.33. The second-order valence-corrected chi connectivity index (χ2v) is 6.08. The maximum atomic E-state index is 4.68. The number of hydrogen-bond acceptors (Lipinski definition) is 2. The first-order valence-electron chi connectivity index (χ1n) is 8.17. The van der Waals surface area contributed by atoms with Gasteiger partial charge < -0.3 is 9.88 Å². The van der Waals surface area contributed by atoms with E-state index in [-0.39, 0.29) is 0 Å². The monoisotopic (exact) mass is 283 g/mol. The van der Waals surface area contributed by atoms with Gasteiger partial charge in [-0.15, -0.1) is 0 Å². The number of anilines is 2. The summed E-state index contributed by atoms with van der Waals surface area (Å²) >= 11 is 0. The summed E-state index contributed by atoms with van der Waals surface area (Å²) in [6.45, 7) is 4.26. The predicted octanol–water partition coefficient (Wildman–Crippen LogP) is 5.00. The molecule has 1 aliphatic carbocycles. The maximum absolute atomic E-state index is 4.68. The van der Waals surface area contributed by atoms with Gasteiger partial charge in [-0.05, 0) is 43.9 Å². The van der Waals surface area contributed by atoms with Crippen molar-refractivity contribution in [2.75, 3.05) is 5.32 Å². The Labute approximate surface area is 127 Å². The second-order valence-electron chi connectivity index (χ2n) is 6.08. The molecule has 1 fully saturated rings. The van der Waals surface area contributed by atoms with E-state index < -0.39 is 0 Å². The first-order chi connectivity index (χ1) is 10.3. The zero-order valence-corrected chi connectivity index (χ0v) is 13.1. The maximum Gasteiger partial charge on any atom is 0.207 e. The van der Waals surface area contributed by atoms with Gasteiger partial charge >= 0.3 is 0 Å². The lowest BCUT2D eigenvalue weighted by molar-refractivity contribution is 0.356. The first kappa shape index (κ1) is 14.2. The van der Waals surface area contributed by atoms with Crippen LogP contribution in [0.4, 0.5) is 11.6 Å². The van der Waals surface area contributed by atoms with Crippen LogP contribution in [0.15, 0.2) is 30.5 Å². The minimum absolute atomic E-state index is 0.609. The number of rotatable bonds is 4. The minimum Gasteiger partial charge on any atom is -0.326 e. The molecule has 0 aliphatic heterocycles. The highest BCUT2D eigenvalue weighted by Crippen LogP contribution is 2.31. The molecule has 3 nitrogen and oxygen atoms in total. The van der Waals surface area contributed by atoms with E-state index in [4.69, 9.17) is 0 Å². The molecule has 21 heavy (non-hydrogen) atoms. The molecule has 1 saturated carbocycles. The molecular formula is C18H25N3. The first-order valence-corrected chi connectivity index (χ1v) is 8.17. The zero-order chi connectivity index (χ0) is 14.7. The molecule has 0 spiro atoms. The molecule has 3 rings (SSSR count). The summed E-state index contributed by atoms with van der Waals surface area (Å²) < 4.78 is 2.35. The van der Waals surface area contributed by atoms with Gasteiger partial charge in [-0.2, -0.15) is 0 Å². The standard InChI is InChI=1S/C18H25N3/c1-3-15-9-11-16(12-10-15)20-18-19-14(2)13-21(18)17-7-5-4-6-8-17/h9-13,17H,3-8H2,1-2H3,(H,19,20). The summed E-state index contributed by atoms with van der Waals surface area (Å²) in [4.78, 5) is 4.68. The van der Waals surface area contributed by atoms with Crippen LogP contribution in [0.2, 0.25) is 0 Å². The van der Waals surface area contributed by atoms with Gasteiger partial charge in [0.15, 0.2) is 0 Å². The van der Waals surface area contributed by atoms with Crippen LogP contribution in [-0.2, 0) is 6.42 Å². The van der Waals surface area contributed by atoms with Crippen LogP contribution < -0.4 is 5.32 Å². The quantitative estimate of drug-likeness (QED) is 0.855. The summed E-state index contributed by atoms with van der Waals surface area (Å²) in [6.07, 6.45) is 9.89. The van der Waals surface area contributed by atoms with Crippen molar-refractivity contribution in [2.24, 2.45) is 0 Å². The third-order valence-electron chi connectivity index (χ3n) is 4.44. The molecule has 0 bridgehead atoms. The third kappa shape index (κ3) is 3.29. The average Bonchev–Trinajstić information content (AvgIpc) is 2.89. The number of aromatic nitrogens is 2. The van der Waals surface area contributed by atoms with Gasteiger partial charge in [0.2, 0.25) is 5.95 Å². The van der Waals surface area contributed by atoms with E-state index in [0.29, 0.717) is 6.04 Å². The highest BCUT2D eigenvalue weighted by atomic mass is 15.2. The van der Waals surface area contributed by atoms with Crippen molar-refractivity contribution in [2.45, 2.75) is 58.4 Å². The number of nitrogens with one attached hydrogen (secondary N) is 1. The number of hydrogen-bond donors (Lipinski definition) is 1. The van der Waals surface area contributed by atoms with Gasteiger partial charge in [0.1, 0.15) is 0 Å². The van der Waals surface area contributed by atoms with Gasteiger partial charge in [0, 0.05) is 17.9 Å². The number of aryl methyl sites for hydroxylation is 2. The molecule has 1 aromatic carbocycles. The Balaban J connectivity index is 1.80. The van der Waals surface area contributed by atoms with Crippen molar-refractivity contribution in [3.8, 4) is 0 Å². The van der Waals surface area contributed by atoms with Crippen molar-refractivity contribution >= 4 is 11.6 Å². The van der Waals surface area contributed by atoms with Crippen LogP contribution in [0, 0.1) is 6.92 Å². The lowest BCUT2D eigenvalue weighted by Gasteiger charge is -2.24. The Morgan fingerprint density at radius 1 is 1.14 bits per heavy atom. The van der Waals surface area contributed by atoms with E-state index in [1.807, 2.05) is 0 Å². The molecule has 3 heteroatoms. The fraction of sp³-hybridized carbons (Fsp3) is 0.500. The Bertz CT molecular complexity index is 577. The Morgan fingerprint density at radius 3 is 2.52 bits per heavy atom. The number of nitrogens with zero attached hydrogens (tertiary/aromatic N) is 2. The van der Waals surface area contributed by atoms with Crippen molar-refractivity contribution in [1.82, 2.24) is 9.55 Å². The normalized spacial score (nSPS) is 16.1. The molecule has 0 saturated heterocycles. The molecule has 1 heterocycles. The average molecular weight is 283 g/mol. The Kier molecular flexibility index (Phi) is 4.28. The molecule has 1 aromatic heterocycles. The molecule has 0 amide bonds. The van der Waals surface area contributed by atoms with E-state index in [9.17, 15) is 0 Å². The van der Waals surface area contributed by atoms with Crippen molar-refractivity contribution in [1.29, 1.82) is 0 Å². The van der Waals surface area contributed by atoms with Crippen molar-refractivity contribution in [3.05, 3.63) is 41.7 Å². The summed E-state index contributed by atoms with van der Waals surface area (Å²) in [5.74, 6) is 0.989. The van der Waals surface area contributed by atoms with E-state index in [1.54, 1.807) is 0 Å². The van der Waals surface area contributed by atoms with Gasteiger partial charge in [0.05, 0.1) is 5.69 Å². The number of imidazole rings is 1. The fourth-order valence-corrected chi connectivity index (χ4v) is 3.20. The van der Waals surface area contributed by atoms with Crippen LogP contribution in [0.5, 0.6) is 0 Å². The van der Waals surface area contributed by atoms with Crippen LogP contribution in [0.1, 0.15) is 56.3 Å². The number of benzene rings is 1. The molecule has 0 radical (unpaired) electrons. The highest BCUT2D eigenvalue weighted by Gasteiger charge is 2.18. The van der Waals surface area contributed by atoms with Crippen molar-refractivity contribution in [3.63, 3.8) is 0 Å². The summed E-state index contributed by atoms with van der Waals surface area (Å²) in [6, 6.07) is 9.27. The molecule has 0 unspecified atom stereocenters. The highest BCUT2D eigenvalue weighted by molar-refractivity contribution is 5.54. The van der Waals surface area contributed by atoms with Gasteiger partial charge in [0.25, 0.3) is 0 Å². The van der Waals surface area contributed by atoms with Gasteiger partial charge in [-0.3, -0.25) is 0 Å². The topological polar surface area (TPSA) is 29.9 Å².